The zero-order valence-corrected chi connectivity index (χ0v) is 14.1. The molecule has 4 saturated carbocycles. The van der Waals surface area contributed by atoms with Gasteiger partial charge >= 0.3 is 0 Å². The first kappa shape index (κ1) is 13.5. The summed E-state index contributed by atoms with van der Waals surface area (Å²) in [4.78, 5) is 0. The second-order valence-electron chi connectivity index (χ2n) is 8.40. The van der Waals surface area contributed by atoms with E-state index in [1.165, 1.54) is 44.1 Å². The summed E-state index contributed by atoms with van der Waals surface area (Å²) < 4.78 is 0. The van der Waals surface area contributed by atoms with Gasteiger partial charge in [-0.2, -0.15) is 0 Å². The number of hydrogen-bond donors (Lipinski definition) is 0. The van der Waals surface area contributed by atoms with Crippen molar-refractivity contribution < 1.29 is 0 Å². The smallest absolute Gasteiger partial charge is 0.127 e. The summed E-state index contributed by atoms with van der Waals surface area (Å²) in [5.41, 5.74) is 5.62. The minimum absolute atomic E-state index is 0.496. The standard InChI is InChI=1S/C18H28Si/c1-5-17(6-7-19(2,3)4)18-11-14-8-15(12-18)10-16(9-14)13-18/h5,14-16H,8-13H2,1-4H3/b17-5-. The van der Waals surface area contributed by atoms with Crippen LogP contribution in [0.25, 0.3) is 0 Å². The molecule has 4 aliphatic rings. The molecule has 0 unspecified atom stereocenters. The van der Waals surface area contributed by atoms with Gasteiger partial charge in [-0.15, -0.1) is 5.54 Å². The van der Waals surface area contributed by atoms with Gasteiger partial charge in [0.2, 0.25) is 0 Å². The molecule has 0 N–H and O–H groups in total. The van der Waals surface area contributed by atoms with E-state index in [9.17, 15) is 0 Å². The van der Waals surface area contributed by atoms with Crippen molar-refractivity contribution in [2.24, 2.45) is 23.2 Å². The highest BCUT2D eigenvalue weighted by Crippen LogP contribution is 2.62. The lowest BCUT2D eigenvalue weighted by Gasteiger charge is -2.57. The van der Waals surface area contributed by atoms with Crippen LogP contribution < -0.4 is 0 Å². The van der Waals surface area contributed by atoms with Gasteiger partial charge in [0, 0.05) is 11.0 Å². The first-order valence-electron chi connectivity index (χ1n) is 8.10. The van der Waals surface area contributed by atoms with Crippen molar-refractivity contribution in [3.05, 3.63) is 11.6 Å². The Kier molecular flexibility index (Phi) is 3.21. The molecular formula is C18H28Si. The predicted molar refractivity (Wildman–Crippen MR) is 85.5 cm³/mol. The maximum absolute atomic E-state index is 3.64. The van der Waals surface area contributed by atoms with Crippen molar-refractivity contribution in [2.75, 3.05) is 0 Å². The van der Waals surface area contributed by atoms with E-state index < -0.39 is 8.07 Å². The van der Waals surface area contributed by atoms with Gasteiger partial charge in [-0.3, -0.25) is 0 Å². The molecule has 0 nitrogen and oxygen atoms in total. The van der Waals surface area contributed by atoms with Gasteiger partial charge < -0.3 is 0 Å². The highest BCUT2D eigenvalue weighted by atomic mass is 28.3. The summed E-state index contributed by atoms with van der Waals surface area (Å²) in [5.74, 6) is 6.71. The van der Waals surface area contributed by atoms with Crippen LogP contribution in [0.1, 0.15) is 45.4 Å². The minimum Gasteiger partial charge on any atom is -0.127 e. The molecule has 0 atom stereocenters. The number of allylic oxidation sites excluding steroid dienone is 2. The van der Waals surface area contributed by atoms with E-state index >= 15 is 0 Å². The van der Waals surface area contributed by atoms with E-state index in [2.05, 4.69) is 44.1 Å². The van der Waals surface area contributed by atoms with E-state index in [4.69, 9.17) is 0 Å². The van der Waals surface area contributed by atoms with Gasteiger partial charge in [0.25, 0.3) is 0 Å². The Balaban J connectivity index is 1.89. The van der Waals surface area contributed by atoms with E-state index in [-0.39, 0.29) is 0 Å². The molecule has 104 valence electrons. The normalized spacial score (nSPS) is 41.1. The maximum atomic E-state index is 3.64. The van der Waals surface area contributed by atoms with E-state index in [0.29, 0.717) is 5.41 Å². The lowest BCUT2D eigenvalue weighted by Crippen LogP contribution is -2.46. The molecule has 1 heteroatoms. The average Bonchev–Trinajstić information content (AvgIpc) is 2.25. The molecule has 0 radical (unpaired) electrons. The summed E-state index contributed by atoms with van der Waals surface area (Å²) in [5, 5.41) is 0. The molecule has 4 rings (SSSR count). The molecule has 0 heterocycles. The van der Waals surface area contributed by atoms with Gasteiger partial charge in [0.05, 0.1) is 0 Å². The Morgan fingerprint density at radius 3 is 1.84 bits per heavy atom. The largest absolute Gasteiger partial charge is 0.129 e. The number of rotatable bonds is 1. The Morgan fingerprint density at radius 1 is 1.00 bits per heavy atom. The van der Waals surface area contributed by atoms with Gasteiger partial charge in [-0.1, -0.05) is 31.6 Å². The molecule has 0 spiro atoms. The zero-order valence-electron chi connectivity index (χ0n) is 13.1. The van der Waals surface area contributed by atoms with Gasteiger partial charge in [-0.05, 0) is 63.2 Å². The monoisotopic (exact) mass is 272 g/mol. The first-order valence-corrected chi connectivity index (χ1v) is 11.6. The fourth-order valence-electron chi connectivity index (χ4n) is 5.21. The van der Waals surface area contributed by atoms with Crippen LogP contribution in [0.2, 0.25) is 19.6 Å². The average molecular weight is 273 g/mol. The molecule has 0 saturated heterocycles. The van der Waals surface area contributed by atoms with E-state index in [1.54, 1.807) is 0 Å². The fourth-order valence-corrected chi connectivity index (χ4v) is 5.72. The van der Waals surface area contributed by atoms with Crippen LogP contribution in [-0.4, -0.2) is 8.07 Å². The van der Waals surface area contributed by atoms with Crippen LogP contribution in [0.3, 0.4) is 0 Å². The lowest BCUT2D eigenvalue weighted by atomic mass is 9.48. The number of hydrogen-bond acceptors (Lipinski definition) is 0. The molecule has 4 fully saturated rings. The first-order chi connectivity index (χ1) is 8.90. The van der Waals surface area contributed by atoms with Crippen LogP contribution in [0, 0.1) is 34.6 Å². The van der Waals surface area contributed by atoms with Crippen molar-refractivity contribution in [1.82, 2.24) is 0 Å². The highest BCUT2D eigenvalue weighted by Gasteiger charge is 2.52. The second-order valence-corrected chi connectivity index (χ2v) is 13.2. The summed E-state index contributed by atoms with van der Waals surface area (Å²) in [6, 6.07) is 0. The van der Waals surface area contributed by atoms with Crippen LogP contribution >= 0.6 is 0 Å². The van der Waals surface area contributed by atoms with Gasteiger partial charge in [-0.25, -0.2) is 0 Å². The molecular weight excluding hydrogens is 244 g/mol. The van der Waals surface area contributed by atoms with Gasteiger partial charge in [0.1, 0.15) is 8.07 Å². The summed E-state index contributed by atoms with van der Waals surface area (Å²) in [6.45, 7) is 9.28. The van der Waals surface area contributed by atoms with E-state index in [0.717, 1.165) is 17.8 Å². The van der Waals surface area contributed by atoms with Crippen molar-refractivity contribution in [3.8, 4) is 11.5 Å². The minimum atomic E-state index is -1.25. The van der Waals surface area contributed by atoms with Crippen LogP contribution in [-0.2, 0) is 0 Å². The lowest BCUT2D eigenvalue weighted by molar-refractivity contribution is -0.0280. The van der Waals surface area contributed by atoms with Crippen molar-refractivity contribution in [1.29, 1.82) is 0 Å². The second kappa shape index (κ2) is 4.52. The third-order valence-electron chi connectivity index (χ3n) is 5.47. The van der Waals surface area contributed by atoms with Crippen molar-refractivity contribution in [2.45, 2.75) is 65.1 Å². The predicted octanol–water partition coefficient (Wildman–Crippen LogP) is 5.03. The van der Waals surface area contributed by atoms with Crippen LogP contribution in [0.5, 0.6) is 0 Å². The molecule has 0 aromatic carbocycles. The third kappa shape index (κ3) is 2.57. The molecule has 4 bridgehead atoms. The Morgan fingerprint density at radius 2 is 1.47 bits per heavy atom. The molecule has 0 aliphatic heterocycles. The summed E-state index contributed by atoms with van der Waals surface area (Å²) in [6.07, 6.45) is 11.3. The SMILES string of the molecule is C/C=C(/C#C[Si](C)(C)C)C12CC3CC(CC(C3)C1)C2. The van der Waals surface area contributed by atoms with Crippen LogP contribution in [0.15, 0.2) is 11.6 Å². The highest BCUT2D eigenvalue weighted by molar-refractivity contribution is 6.83. The fraction of sp³-hybridized carbons (Fsp3) is 0.778. The van der Waals surface area contributed by atoms with Crippen molar-refractivity contribution in [3.63, 3.8) is 0 Å². The van der Waals surface area contributed by atoms with E-state index in [1.807, 2.05) is 0 Å². The van der Waals surface area contributed by atoms with Crippen molar-refractivity contribution >= 4 is 8.07 Å². The van der Waals surface area contributed by atoms with Crippen LogP contribution in [0.4, 0.5) is 0 Å². The Labute approximate surface area is 120 Å². The Bertz CT molecular complexity index is 417. The third-order valence-corrected chi connectivity index (χ3v) is 6.35. The molecule has 0 aromatic heterocycles. The maximum Gasteiger partial charge on any atom is 0.129 e. The molecule has 0 aromatic rings. The quantitative estimate of drug-likeness (QED) is 0.464. The summed E-state index contributed by atoms with van der Waals surface area (Å²) >= 11 is 0. The topological polar surface area (TPSA) is 0 Å². The zero-order chi connectivity index (χ0) is 13.7. The molecule has 19 heavy (non-hydrogen) atoms. The Hall–Kier alpha value is -0.483. The summed E-state index contributed by atoms with van der Waals surface area (Å²) in [7, 11) is -1.25. The molecule has 4 aliphatic carbocycles. The molecule has 0 amide bonds. The van der Waals surface area contributed by atoms with Gasteiger partial charge in [0.15, 0.2) is 0 Å².